The lowest BCUT2D eigenvalue weighted by Gasteiger charge is -2.22. The predicted molar refractivity (Wildman–Crippen MR) is 81.9 cm³/mol. The van der Waals surface area contributed by atoms with Crippen LogP contribution in [0.4, 0.5) is 0 Å². The number of ether oxygens (including phenoxy) is 1. The average molecular weight is 293 g/mol. The van der Waals surface area contributed by atoms with Crippen molar-refractivity contribution in [3.8, 4) is 0 Å². The van der Waals surface area contributed by atoms with Crippen molar-refractivity contribution in [1.29, 1.82) is 0 Å². The number of cyclic esters (lactones) is 1. The first-order valence-electron chi connectivity index (χ1n) is 6.51. The van der Waals surface area contributed by atoms with Crippen LogP contribution < -0.4 is 10.6 Å². The van der Waals surface area contributed by atoms with Crippen molar-refractivity contribution in [3.05, 3.63) is 41.9 Å². The van der Waals surface area contributed by atoms with Gasteiger partial charge in [-0.25, -0.2) is 4.79 Å². The van der Waals surface area contributed by atoms with E-state index < -0.39 is 0 Å². The number of pyridine rings is 1. The fourth-order valence-corrected chi connectivity index (χ4v) is 2.01. The van der Waals surface area contributed by atoms with Gasteiger partial charge in [-0.3, -0.25) is 4.98 Å². The molecule has 1 unspecified atom stereocenters. The molecule has 2 aliphatic rings. The van der Waals surface area contributed by atoms with E-state index in [0.717, 1.165) is 5.70 Å². The largest absolute Gasteiger partial charge is 0.456 e. The molecule has 0 bridgehead atoms. The van der Waals surface area contributed by atoms with Crippen LogP contribution in [0.1, 0.15) is 20.8 Å². The van der Waals surface area contributed by atoms with E-state index in [1.165, 1.54) is 0 Å². The van der Waals surface area contributed by atoms with Gasteiger partial charge >= 0.3 is 5.97 Å². The van der Waals surface area contributed by atoms with Gasteiger partial charge in [0.25, 0.3) is 0 Å². The van der Waals surface area contributed by atoms with Gasteiger partial charge < -0.3 is 15.4 Å². The first kappa shape index (κ1) is 16.1. The highest BCUT2D eigenvalue weighted by atomic mass is 32.1. The van der Waals surface area contributed by atoms with Gasteiger partial charge in [-0.2, -0.15) is 0 Å². The molecule has 5 nitrogen and oxygen atoms in total. The van der Waals surface area contributed by atoms with Crippen molar-refractivity contribution >= 4 is 23.3 Å². The normalized spacial score (nSPS) is 19.2. The Morgan fingerprint density at radius 3 is 2.45 bits per heavy atom. The second kappa shape index (κ2) is 8.27. The zero-order valence-corrected chi connectivity index (χ0v) is 12.7. The number of hydrogen-bond acceptors (Lipinski definition) is 4. The molecule has 1 aromatic rings. The number of thiocarbonyl (C=S) groups is 1. The molecule has 0 radical (unpaired) electrons. The van der Waals surface area contributed by atoms with Crippen LogP contribution in [-0.4, -0.2) is 28.7 Å². The second-order valence-electron chi connectivity index (χ2n) is 3.81. The van der Waals surface area contributed by atoms with E-state index in [0.29, 0.717) is 17.3 Å². The van der Waals surface area contributed by atoms with E-state index in [2.05, 4.69) is 15.6 Å². The number of nitrogens with zero attached hydrogens (tertiary/aromatic N) is 1. The number of carbonyl (C=O) groups excluding carboxylic acids is 1. The zero-order chi connectivity index (χ0) is 15.0. The maximum Gasteiger partial charge on any atom is 0.338 e. The van der Waals surface area contributed by atoms with Crippen LogP contribution in [0.25, 0.3) is 0 Å². The third-order valence-electron chi connectivity index (χ3n) is 2.50. The lowest BCUT2D eigenvalue weighted by atomic mass is 10.1. The molecular formula is C14H19N3O2S. The Morgan fingerprint density at radius 2 is 1.95 bits per heavy atom. The van der Waals surface area contributed by atoms with Crippen LogP contribution in [0.15, 0.2) is 41.9 Å². The molecule has 1 atom stereocenters. The first-order valence-corrected chi connectivity index (χ1v) is 6.92. The molecule has 0 aliphatic carbocycles. The Kier molecular flexibility index (Phi) is 6.66. The minimum absolute atomic E-state index is 0.0382. The highest BCUT2D eigenvalue weighted by Gasteiger charge is 2.33. The van der Waals surface area contributed by atoms with Gasteiger partial charge in [0.1, 0.15) is 6.61 Å². The summed E-state index contributed by atoms with van der Waals surface area (Å²) in [6.07, 6.45) is 3.50. The maximum atomic E-state index is 11.1. The third kappa shape index (κ3) is 4.31. The summed E-state index contributed by atoms with van der Waals surface area (Å²) in [5.41, 5.74) is 1.47. The van der Waals surface area contributed by atoms with Crippen LogP contribution >= 0.6 is 12.2 Å². The van der Waals surface area contributed by atoms with Crippen molar-refractivity contribution in [3.63, 3.8) is 0 Å². The molecule has 0 fully saturated rings. The Labute approximate surface area is 124 Å². The minimum atomic E-state index is -0.250. The third-order valence-corrected chi connectivity index (χ3v) is 2.72. The molecule has 6 heteroatoms. The van der Waals surface area contributed by atoms with Crippen LogP contribution in [0.3, 0.4) is 0 Å². The molecule has 108 valence electrons. The van der Waals surface area contributed by atoms with Crippen molar-refractivity contribution in [2.24, 2.45) is 0 Å². The Morgan fingerprint density at radius 1 is 1.30 bits per heavy atom. The quantitative estimate of drug-likeness (QED) is 0.561. The number of nitrogens with one attached hydrogen (secondary N) is 2. The van der Waals surface area contributed by atoms with Crippen LogP contribution in [0.5, 0.6) is 0 Å². The zero-order valence-electron chi connectivity index (χ0n) is 11.8. The first-order chi connectivity index (χ1) is 9.68. The molecule has 2 aliphatic heterocycles. The van der Waals surface area contributed by atoms with Gasteiger partial charge in [0.15, 0.2) is 5.11 Å². The summed E-state index contributed by atoms with van der Waals surface area (Å²) in [5.74, 6) is -0.250. The van der Waals surface area contributed by atoms with E-state index in [9.17, 15) is 4.79 Å². The summed E-state index contributed by atoms with van der Waals surface area (Å²) in [6.45, 7) is 6.20. The monoisotopic (exact) mass is 293 g/mol. The molecule has 3 rings (SSSR count). The lowest BCUT2D eigenvalue weighted by molar-refractivity contribution is -0.136. The SMILES string of the molecule is CC.CC1NC(=S)NC2=C1C(=O)OC2.c1ccncc1. The van der Waals surface area contributed by atoms with E-state index in [1.807, 2.05) is 39.0 Å². The average Bonchev–Trinajstić information content (AvgIpc) is 2.85. The van der Waals surface area contributed by atoms with E-state index in [4.69, 9.17) is 17.0 Å². The Balaban J connectivity index is 0.000000211. The molecule has 3 heterocycles. The minimum Gasteiger partial charge on any atom is -0.456 e. The van der Waals surface area contributed by atoms with Gasteiger partial charge in [0.2, 0.25) is 0 Å². The number of rotatable bonds is 0. The lowest BCUT2D eigenvalue weighted by Crippen LogP contribution is -2.47. The van der Waals surface area contributed by atoms with Crippen LogP contribution in [-0.2, 0) is 9.53 Å². The fraction of sp³-hybridized carbons (Fsp3) is 0.357. The van der Waals surface area contributed by atoms with Gasteiger partial charge in [-0.1, -0.05) is 19.9 Å². The molecule has 20 heavy (non-hydrogen) atoms. The number of carbonyl (C=O) groups is 1. The standard InChI is InChI=1S/C7H8N2O2S.C5H5N.C2H6/c1-3-5-4(2-11-6(5)10)9-7(12)8-3;1-2-4-6-5-3-1;1-2/h3H,2H2,1H3,(H2,8,9,12);1-5H;1-2H3. The molecule has 0 saturated heterocycles. The van der Waals surface area contributed by atoms with Crippen LogP contribution in [0.2, 0.25) is 0 Å². The molecule has 0 aromatic carbocycles. The topological polar surface area (TPSA) is 63.2 Å². The van der Waals surface area contributed by atoms with E-state index in [1.54, 1.807) is 12.4 Å². The van der Waals surface area contributed by atoms with Crippen molar-refractivity contribution in [1.82, 2.24) is 15.6 Å². The number of aromatic nitrogens is 1. The fourth-order valence-electron chi connectivity index (χ4n) is 1.71. The second-order valence-corrected chi connectivity index (χ2v) is 4.22. The molecule has 0 spiro atoms. The Hall–Kier alpha value is -1.95. The molecule has 0 amide bonds. The molecule has 0 saturated carbocycles. The Bertz CT molecular complexity index is 462. The van der Waals surface area contributed by atoms with E-state index in [-0.39, 0.29) is 12.0 Å². The maximum absolute atomic E-state index is 11.1. The summed E-state index contributed by atoms with van der Waals surface area (Å²) >= 11 is 4.92. The number of hydrogen-bond donors (Lipinski definition) is 2. The van der Waals surface area contributed by atoms with Gasteiger partial charge in [0, 0.05) is 12.4 Å². The predicted octanol–water partition coefficient (Wildman–Crippen LogP) is 1.77. The van der Waals surface area contributed by atoms with E-state index >= 15 is 0 Å². The van der Waals surface area contributed by atoms with Crippen LogP contribution in [0, 0.1) is 0 Å². The summed E-state index contributed by atoms with van der Waals surface area (Å²) in [6, 6.07) is 5.68. The highest BCUT2D eigenvalue weighted by molar-refractivity contribution is 7.80. The summed E-state index contributed by atoms with van der Waals surface area (Å²) in [7, 11) is 0. The summed E-state index contributed by atoms with van der Waals surface area (Å²) < 4.78 is 4.84. The molecule has 1 aromatic heterocycles. The molecular weight excluding hydrogens is 274 g/mol. The van der Waals surface area contributed by atoms with Crippen molar-refractivity contribution in [2.75, 3.05) is 6.61 Å². The highest BCUT2D eigenvalue weighted by Crippen LogP contribution is 2.19. The van der Waals surface area contributed by atoms with Gasteiger partial charge in [0.05, 0.1) is 17.3 Å². The van der Waals surface area contributed by atoms with Gasteiger partial charge in [-0.15, -0.1) is 0 Å². The summed E-state index contributed by atoms with van der Waals surface area (Å²) in [4.78, 5) is 14.9. The number of esters is 1. The van der Waals surface area contributed by atoms with Crippen molar-refractivity contribution < 1.29 is 9.53 Å². The van der Waals surface area contributed by atoms with Crippen molar-refractivity contribution in [2.45, 2.75) is 26.8 Å². The summed E-state index contributed by atoms with van der Waals surface area (Å²) in [5, 5.41) is 6.39. The smallest absolute Gasteiger partial charge is 0.338 e. The molecule has 2 N–H and O–H groups in total. The van der Waals surface area contributed by atoms with Gasteiger partial charge in [-0.05, 0) is 31.3 Å².